The van der Waals surface area contributed by atoms with Crippen molar-refractivity contribution in [3.8, 4) is 17.3 Å². The highest BCUT2D eigenvalue weighted by Gasteiger charge is 2.39. The molecule has 1 fully saturated rings. The molecule has 0 amide bonds. The number of aromatic nitrogens is 5. The van der Waals surface area contributed by atoms with Crippen LogP contribution in [0.2, 0.25) is 0 Å². The van der Waals surface area contributed by atoms with Gasteiger partial charge in [0.05, 0.1) is 56.2 Å². The zero-order valence-electron chi connectivity index (χ0n) is 31.4. The third kappa shape index (κ3) is 10.6. The molecule has 1 N–H and O–H groups in total. The van der Waals surface area contributed by atoms with E-state index in [1.807, 2.05) is 71.5 Å². The summed E-state index contributed by atoms with van der Waals surface area (Å²) in [7, 11) is 1.22. The predicted octanol–water partition coefficient (Wildman–Crippen LogP) is 6.36. The lowest BCUT2D eigenvalue weighted by atomic mass is 9.96. The van der Waals surface area contributed by atoms with E-state index >= 15 is 0 Å². The van der Waals surface area contributed by atoms with Crippen LogP contribution in [0.25, 0.3) is 22.3 Å². The number of nitriles is 1. The van der Waals surface area contributed by atoms with Crippen molar-refractivity contribution in [1.82, 2.24) is 24.5 Å². The molecular weight excluding hydrogens is 704 g/mol. The minimum Gasteiger partial charge on any atom is -0.481 e. The van der Waals surface area contributed by atoms with E-state index in [0.29, 0.717) is 29.1 Å². The molecule has 3 atom stereocenters. The zero-order valence-corrected chi connectivity index (χ0v) is 31.4. The Bertz CT molecular complexity index is 2060. The van der Waals surface area contributed by atoms with E-state index in [9.17, 15) is 19.6 Å². The van der Waals surface area contributed by atoms with Crippen LogP contribution < -0.4 is 4.84 Å². The first kappa shape index (κ1) is 40.3. The summed E-state index contributed by atoms with van der Waals surface area (Å²) in [5.74, 6) is -2.01. The highest BCUT2D eigenvalue weighted by molar-refractivity contribution is 5.91. The summed E-state index contributed by atoms with van der Waals surface area (Å²) in [6.45, 7) is 5.03. The fraction of sp³-hybridized carbons (Fsp3) is 0.390. The molecule has 0 bridgehead atoms. The van der Waals surface area contributed by atoms with Crippen molar-refractivity contribution in [2.75, 3.05) is 7.11 Å². The Kier molecular flexibility index (Phi) is 13.9. The molecule has 5 aromatic rings. The van der Waals surface area contributed by atoms with Gasteiger partial charge in [0, 0.05) is 23.3 Å². The Morgan fingerprint density at radius 1 is 0.909 bits per heavy atom. The summed E-state index contributed by atoms with van der Waals surface area (Å²) in [5, 5.41) is 23.0. The number of ether oxygens (including phenoxy) is 3. The molecule has 0 spiro atoms. The number of fused-ring (bicyclic) bond motifs is 1. The number of carbonyl (C=O) groups is 3. The van der Waals surface area contributed by atoms with Gasteiger partial charge in [0.1, 0.15) is 6.33 Å². The normalized spacial score (nSPS) is 14.6. The molecule has 0 saturated heterocycles. The van der Waals surface area contributed by atoms with Gasteiger partial charge in [-0.1, -0.05) is 73.5 Å². The van der Waals surface area contributed by atoms with Gasteiger partial charge >= 0.3 is 17.9 Å². The first-order chi connectivity index (χ1) is 26.5. The predicted molar refractivity (Wildman–Crippen MR) is 201 cm³/mol. The summed E-state index contributed by atoms with van der Waals surface area (Å²) in [6.07, 6.45) is 8.53. The summed E-state index contributed by atoms with van der Waals surface area (Å²) in [6, 6.07) is 22.6. The number of carbonyl (C=O) groups excluding carboxylic acids is 2. The van der Waals surface area contributed by atoms with Crippen molar-refractivity contribution in [2.24, 2.45) is 11.3 Å². The number of carboxylic acids is 1. The molecule has 14 heteroatoms. The molecule has 1 saturated carbocycles. The van der Waals surface area contributed by atoms with Crippen LogP contribution in [-0.2, 0) is 41.8 Å². The number of hydrogen-bond acceptors (Lipinski definition) is 11. The number of methoxy groups -OCH3 is 1. The number of hydrogen-bond donors (Lipinski definition) is 1. The molecule has 1 aliphatic rings. The molecule has 2 aromatic carbocycles. The average molecular weight is 751 g/mol. The molecule has 55 heavy (non-hydrogen) atoms. The van der Waals surface area contributed by atoms with Gasteiger partial charge in [-0.05, 0) is 56.7 Å². The van der Waals surface area contributed by atoms with Gasteiger partial charge in [-0.3, -0.25) is 9.48 Å². The van der Waals surface area contributed by atoms with E-state index in [4.69, 9.17) is 24.2 Å². The summed E-state index contributed by atoms with van der Waals surface area (Å²) in [4.78, 5) is 51.5. The largest absolute Gasteiger partial charge is 0.481 e. The van der Waals surface area contributed by atoms with E-state index in [0.717, 1.165) is 42.4 Å². The fourth-order valence-corrected chi connectivity index (χ4v) is 6.13. The molecule has 3 heterocycles. The lowest BCUT2D eigenvalue weighted by molar-refractivity contribution is -0.184. The van der Waals surface area contributed by atoms with Crippen molar-refractivity contribution < 1.29 is 38.5 Å². The minimum atomic E-state index is -1.48. The second kappa shape index (κ2) is 18.9. The van der Waals surface area contributed by atoms with Crippen molar-refractivity contribution >= 4 is 28.9 Å². The molecule has 0 unspecified atom stereocenters. The summed E-state index contributed by atoms with van der Waals surface area (Å²) < 4.78 is 20.1. The average Bonchev–Trinajstić information content (AvgIpc) is 3.98. The van der Waals surface area contributed by atoms with Gasteiger partial charge in [0.2, 0.25) is 0 Å². The van der Waals surface area contributed by atoms with Crippen LogP contribution in [0.1, 0.15) is 70.0 Å². The van der Waals surface area contributed by atoms with Crippen LogP contribution in [-0.4, -0.2) is 66.8 Å². The maximum Gasteiger partial charge on any atom is 0.364 e. The molecule has 288 valence electrons. The first-order valence-corrected chi connectivity index (χ1v) is 18.1. The van der Waals surface area contributed by atoms with Crippen molar-refractivity contribution in [3.05, 3.63) is 103 Å². The fourth-order valence-electron chi connectivity index (χ4n) is 6.13. The number of esters is 1. The van der Waals surface area contributed by atoms with Crippen LogP contribution in [0, 0.1) is 22.7 Å². The second-order valence-corrected chi connectivity index (χ2v) is 14.2. The van der Waals surface area contributed by atoms with Gasteiger partial charge in [0.15, 0.2) is 17.9 Å². The van der Waals surface area contributed by atoms with Crippen LogP contribution in [0.5, 0.6) is 0 Å². The first-order valence-electron chi connectivity index (χ1n) is 18.1. The molecule has 0 radical (unpaired) electrons. The summed E-state index contributed by atoms with van der Waals surface area (Å²) >= 11 is 0. The number of nitrogens with zero attached hydrogens (tertiary/aromatic N) is 6. The molecule has 3 aromatic heterocycles. The van der Waals surface area contributed by atoms with Crippen LogP contribution in [0.4, 0.5) is 0 Å². The topological polar surface area (TPSA) is 181 Å². The second-order valence-electron chi connectivity index (χ2n) is 14.2. The van der Waals surface area contributed by atoms with Crippen molar-refractivity contribution in [1.29, 1.82) is 5.26 Å². The van der Waals surface area contributed by atoms with Crippen LogP contribution in [0.3, 0.4) is 0 Å². The van der Waals surface area contributed by atoms with Crippen LogP contribution in [0.15, 0.2) is 91.6 Å². The number of carboxylic acid groups (broad SMARTS) is 1. The maximum absolute atomic E-state index is 13.8. The van der Waals surface area contributed by atoms with E-state index < -0.39 is 35.5 Å². The van der Waals surface area contributed by atoms with E-state index in [2.05, 4.69) is 21.1 Å². The standard InChI is InChI=1S/C36H36N6O6.C5H10O2/c1-45-35(43)32(46-22-25-10-4-2-5-11-25)33(47-23-26-12-6-3-7-13-26)36(44)48-42-19-17-29-31(38-24-39-34(29)42)28-20-40-41(21-28)30(16-18-37)27-14-8-9-15-27;1-5(2,3)4(6)7/h2-7,10-13,17,19-21,24,27,30,32-33H,8-9,14-16,22-23H2,1H3;1-3H3,(H,6,7)/t30-,32+,33+;/m1./s1. The Labute approximate surface area is 319 Å². The maximum atomic E-state index is 13.8. The third-order valence-electron chi connectivity index (χ3n) is 9.22. The Balaban J connectivity index is 0.000000757. The molecule has 0 aliphatic heterocycles. The molecular formula is C41H46N6O8. The molecule has 14 nitrogen and oxygen atoms in total. The van der Waals surface area contributed by atoms with Crippen molar-refractivity contribution in [2.45, 2.75) is 84.3 Å². The van der Waals surface area contributed by atoms with Gasteiger partial charge in [-0.2, -0.15) is 15.1 Å². The monoisotopic (exact) mass is 750 g/mol. The van der Waals surface area contributed by atoms with E-state index in [1.54, 1.807) is 39.2 Å². The zero-order chi connectivity index (χ0) is 39.4. The Hall–Kier alpha value is -5.91. The molecule has 6 rings (SSSR count). The van der Waals surface area contributed by atoms with Crippen molar-refractivity contribution in [3.63, 3.8) is 0 Å². The number of aliphatic carboxylic acids is 1. The van der Waals surface area contributed by atoms with E-state index in [-0.39, 0.29) is 19.3 Å². The third-order valence-corrected chi connectivity index (χ3v) is 9.22. The van der Waals surface area contributed by atoms with Gasteiger partial charge in [-0.25, -0.2) is 19.6 Å². The van der Waals surface area contributed by atoms with Gasteiger partial charge < -0.3 is 24.2 Å². The smallest absolute Gasteiger partial charge is 0.364 e. The summed E-state index contributed by atoms with van der Waals surface area (Å²) in [5.41, 5.74) is 2.67. The van der Waals surface area contributed by atoms with Crippen LogP contribution >= 0.6 is 0 Å². The Morgan fingerprint density at radius 3 is 2.04 bits per heavy atom. The number of benzene rings is 2. The quantitative estimate of drug-likeness (QED) is 0.124. The lowest BCUT2D eigenvalue weighted by Gasteiger charge is -2.24. The SMILES string of the molecule is CC(C)(C)C(=O)O.COC(=O)[C@@H](OCc1ccccc1)[C@H](OCc1ccccc1)C(=O)On1ccc2c(-c3cnn([C@H](CC#N)C4CCCC4)c3)ncnc21. The number of rotatable bonds is 14. The van der Waals surface area contributed by atoms with Gasteiger partial charge in [-0.15, -0.1) is 0 Å². The molecule has 1 aliphatic carbocycles. The lowest BCUT2D eigenvalue weighted by Crippen LogP contribution is -2.47. The highest BCUT2D eigenvalue weighted by Crippen LogP contribution is 2.37. The minimum absolute atomic E-state index is 0.00573. The van der Waals surface area contributed by atoms with E-state index in [1.165, 1.54) is 18.2 Å². The highest BCUT2D eigenvalue weighted by atomic mass is 16.7. The van der Waals surface area contributed by atoms with Gasteiger partial charge in [0.25, 0.3) is 0 Å². The Morgan fingerprint density at radius 2 is 1.49 bits per heavy atom.